The van der Waals surface area contributed by atoms with E-state index >= 15 is 0 Å². The maximum absolute atomic E-state index is 12.0. The van der Waals surface area contributed by atoms with Crippen molar-refractivity contribution in [3.05, 3.63) is 18.2 Å². The van der Waals surface area contributed by atoms with Crippen LogP contribution >= 0.6 is 47.0 Å². The number of ether oxygens (including phenoxy) is 2. The van der Waals surface area contributed by atoms with E-state index in [1.54, 1.807) is 25.3 Å². The molecule has 10 heteroatoms. The molecule has 0 aromatic heterocycles. The number of anilines is 1. The quantitative estimate of drug-likeness (QED) is 0.338. The Morgan fingerprint density at radius 3 is 2.35 bits per heavy atom. The molecule has 0 heterocycles. The number of rotatable bonds is 7. The summed E-state index contributed by atoms with van der Waals surface area (Å²) in [5.41, 5.74) is 0.556. The maximum Gasteiger partial charge on any atom is 0.228 e. The summed E-state index contributed by atoms with van der Waals surface area (Å²) in [7, 11) is 3.07. The molecule has 1 rings (SSSR count). The molecule has 0 saturated carbocycles. The molecule has 1 amide bonds. The van der Waals surface area contributed by atoms with Gasteiger partial charge in [-0.1, -0.05) is 48.7 Å². The Bertz CT molecular complexity index is 639. The van der Waals surface area contributed by atoms with Gasteiger partial charge < -0.3 is 25.4 Å². The number of nitrogens with one attached hydrogen (secondary N) is 3. The van der Waals surface area contributed by atoms with Gasteiger partial charge in [0.1, 0.15) is 17.7 Å². The Labute approximate surface area is 173 Å². The van der Waals surface area contributed by atoms with Crippen molar-refractivity contribution in [3.8, 4) is 11.5 Å². The average molecular weight is 443 g/mol. The van der Waals surface area contributed by atoms with Gasteiger partial charge in [-0.3, -0.25) is 4.79 Å². The van der Waals surface area contributed by atoms with E-state index in [0.29, 0.717) is 23.6 Å². The van der Waals surface area contributed by atoms with Crippen LogP contribution in [0.2, 0.25) is 0 Å². The highest BCUT2D eigenvalue weighted by Gasteiger charge is 2.34. The van der Waals surface area contributed by atoms with Gasteiger partial charge in [0.2, 0.25) is 9.70 Å². The molecule has 3 N–H and O–H groups in total. The van der Waals surface area contributed by atoms with Gasteiger partial charge in [-0.05, 0) is 30.3 Å². The van der Waals surface area contributed by atoms with Crippen LogP contribution in [0, 0.1) is 5.92 Å². The molecule has 1 aromatic carbocycles. The van der Waals surface area contributed by atoms with Gasteiger partial charge in [-0.25, -0.2) is 0 Å². The summed E-state index contributed by atoms with van der Waals surface area (Å²) < 4.78 is 8.65. The molecule has 0 spiro atoms. The summed E-state index contributed by atoms with van der Waals surface area (Å²) in [6.07, 6.45) is -0.724. The largest absolute Gasteiger partial charge is 0.497 e. The minimum Gasteiger partial charge on any atom is -0.497 e. The fourth-order valence-electron chi connectivity index (χ4n) is 1.99. The van der Waals surface area contributed by atoms with Gasteiger partial charge in [-0.2, -0.15) is 0 Å². The van der Waals surface area contributed by atoms with Crippen molar-refractivity contribution >= 4 is 63.7 Å². The minimum atomic E-state index is -1.81. The summed E-state index contributed by atoms with van der Waals surface area (Å²) in [6, 6.07) is 5.17. The van der Waals surface area contributed by atoms with Crippen molar-refractivity contribution < 1.29 is 14.3 Å². The van der Waals surface area contributed by atoms with E-state index in [9.17, 15) is 4.79 Å². The van der Waals surface area contributed by atoms with Gasteiger partial charge in [0.25, 0.3) is 0 Å². The van der Waals surface area contributed by atoms with Crippen molar-refractivity contribution in [2.75, 3.05) is 19.5 Å². The molecule has 26 heavy (non-hydrogen) atoms. The molecule has 1 atom stereocenters. The zero-order valence-corrected chi connectivity index (χ0v) is 17.9. The monoisotopic (exact) mass is 441 g/mol. The number of methoxy groups -OCH3 is 2. The Balaban J connectivity index is 2.86. The molecular weight excluding hydrogens is 421 g/mol. The number of halogens is 3. The number of hydrogen-bond donors (Lipinski definition) is 3. The molecule has 6 nitrogen and oxygen atoms in total. The molecule has 0 radical (unpaired) electrons. The first-order valence-electron chi connectivity index (χ1n) is 7.72. The van der Waals surface area contributed by atoms with E-state index in [-0.39, 0.29) is 16.9 Å². The van der Waals surface area contributed by atoms with Crippen LogP contribution in [0.1, 0.15) is 20.3 Å². The highest BCUT2D eigenvalue weighted by Crippen LogP contribution is 2.31. The fraction of sp³-hybridized carbons (Fsp3) is 0.500. The van der Waals surface area contributed by atoms with Crippen LogP contribution in [0.25, 0.3) is 0 Å². The van der Waals surface area contributed by atoms with E-state index in [0.717, 1.165) is 0 Å². The maximum atomic E-state index is 12.0. The summed E-state index contributed by atoms with van der Waals surface area (Å²) in [6.45, 7) is 3.83. The zero-order chi connectivity index (χ0) is 19.9. The number of carbonyl (C=O) groups excluding carboxylic acids is 1. The number of carbonyl (C=O) groups is 1. The van der Waals surface area contributed by atoms with E-state index in [1.807, 2.05) is 13.8 Å². The second-order valence-corrected chi connectivity index (χ2v) is 8.58. The lowest BCUT2D eigenvalue weighted by molar-refractivity contribution is -0.122. The molecule has 1 unspecified atom stereocenters. The molecule has 0 fully saturated rings. The Hall–Kier alpha value is -1.15. The molecule has 0 bridgehead atoms. The number of hydrogen-bond acceptors (Lipinski definition) is 4. The van der Waals surface area contributed by atoms with Crippen molar-refractivity contribution in [2.24, 2.45) is 5.92 Å². The molecule has 0 saturated heterocycles. The van der Waals surface area contributed by atoms with Gasteiger partial charge in [0.05, 0.1) is 19.9 Å². The van der Waals surface area contributed by atoms with E-state index in [1.165, 1.54) is 7.11 Å². The Morgan fingerprint density at radius 2 is 1.85 bits per heavy atom. The predicted octanol–water partition coefficient (Wildman–Crippen LogP) is 3.85. The lowest BCUT2D eigenvalue weighted by Gasteiger charge is -2.28. The number of amides is 1. The smallest absolute Gasteiger partial charge is 0.228 e. The Kier molecular flexibility index (Phi) is 9.03. The molecule has 146 valence electrons. The summed E-state index contributed by atoms with van der Waals surface area (Å²) in [5.74, 6) is 1.06. The highest BCUT2D eigenvalue weighted by atomic mass is 35.6. The molecule has 0 aliphatic carbocycles. The van der Waals surface area contributed by atoms with Gasteiger partial charge in [0.15, 0.2) is 5.11 Å². The van der Waals surface area contributed by atoms with Gasteiger partial charge in [0, 0.05) is 12.5 Å². The molecular formula is C16H22Cl3N3O3S. The topological polar surface area (TPSA) is 71.6 Å². The van der Waals surface area contributed by atoms with Crippen LogP contribution in [-0.2, 0) is 4.79 Å². The van der Waals surface area contributed by atoms with Crippen molar-refractivity contribution in [3.63, 3.8) is 0 Å². The van der Waals surface area contributed by atoms with Crippen molar-refractivity contribution in [2.45, 2.75) is 30.2 Å². The van der Waals surface area contributed by atoms with E-state index < -0.39 is 9.96 Å². The molecule has 0 aliphatic heterocycles. The molecule has 1 aromatic rings. The van der Waals surface area contributed by atoms with Gasteiger partial charge in [-0.15, -0.1) is 0 Å². The number of alkyl halides is 3. The summed E-state index contributed by atoms with van der Waals surface area (Å²) in [4.78, 5) is 12.0. The number of benzene rings is 1. The van der Waals surface area contributed by atoms with E-state index in [2.05, 4.69) is 16.0 Å². The first-order valence-corrected chi connectivity index (χ1v) is 9.26. The van der Waals surface area contributed by atoms with Crippen molar-refractivity contribution in [1.29, 1.82) is 0 Å². The predicted molar refractivity (Wildman–Crippen MR) is 111 cm³/mol. The lowest BCUT2D eigenvalue weighted by Crippen LogP contribution is -2.56. The van der Waals surface area contributed by atoms with Crippen LogP contribution in [0.4, 0.5) is 5.69 Å². The fourth-order valence-corrected chi connectivity index (χ4v) is 2.55. The van der Waals surface area contributed by atoms with Crippen LogP contribution in [0.3, 0.4) is 0 Å². The van der Waals surface area contributed by atoms with Crippen LogP contribution in [-0.4, -0.2) is 35.2 Å². The third-order valence-corrected chi connectivity index (χ3v) is 4.03. The SMILES string of the molecule is COc1ccc(OC)c(NC(=S)NC(NC(=O)CC(C)C)C(Cl)(Cl)Cl)c1. The van der Waals surface area contributed by atoms with Gasteiger partial charge >= 0.3 is 0 Å². The van der Waals surface area contributed by atoms with Crippen molar-refractivity contribution in [1.82, 2.24) is 10.6 Å². The van der Waals surface area contributed by atoms with Crippen LogP contribution in [0.5, 0.6) is 11.5 Å². The third kappa shape index (κ3) is 7.61. The third-order valence-electron chi connectivity index (χ3n) is 3.16. The lowest BCUT2D eigenvalue weighted by atomic mass is 10.1. The van der Waals surface area contributed by atoms with Crippen LogP contribution < -0.4 is 25.4 Å². The highest BCUT2D eigenvalue weighted by molar-refractivity contribution is 7.80. The number of thiocarbonyl (C=S) groups is 1. The normalized spacial score (nSPS) is 12.3. The first kappa shape index (κ1) is 22.9. The van der Waals surface area contributed by atoms with Crippen LogP contribution in [0.15, 0.2) is 18.2 Å². The molecule has 0 aliphatic rings. The van der Waals surface area contributed by atoms with E-state index in [4.69, 9.17) is 56.5 Å². The average Bonchev–Trinajstić information content (AvgIpc) is 2.52. The summed E-state index contributed by atoms with van der Waals surface area (Å²) in [5, 5.41) is 8.50. The zero-order valence-electron chi connectivity index (χ0n) is 14.9. The first-order chi connectivity index (χ1) is 12.1. The summed E-state index contributed by atoms with van der Waals surface area (Å²) >= 11 is 23.1. The minimum absolute atomic E-state index is 0.137. The Morgan fingerprint density at radius 1 is 1.19 bits per heavy atom. The standard InChI is InChI=1S/C16H22Cl3N3O3S/c1-9(2)7-13(23)21-14(16(17,18)19)22-15(26)20-11-8-10(24-3)5-6-12(11)25-4/h5-6,8-9,14H,7H2,1-4H3,(H,21,23)(H2,20,22,26). The second-order valence-electron chi connectivity index (χ2n) is 5.80. The second kappa shape index (κ2) is 10.3.